The molecule has 314 valence electrons. The predicted octanol–water partition coefficient (Wildman–Crippen LogP) is 17.8. The highest BCUT2D eigenvalue weighted by molar-refractivity contribution is 6.22. The molecule has 64 heavy (non-hydrogen) atoms. The molecule has 0 atom stereocenters. The molecule has 0 aliphatic heterocycles. The normalized spacial score (nSPS) is 11.9. The minimum absolute atomic E-state index is 0.878. The van der Waals surface area contributed by atoms with Crippen LogP contribution < -0.4 is 9.80 Å². The maximum atomic E-state index is 6.93. The van der Waals surface area contributed by atoms with Gasteiger partial charge in [0.15, 0.2) is 0 Å². The lowest BCUT2D eigenvalue weighted by molar-refractivity contribution is 0.660. The zero-order valence-corrected chi connectivity index (χ0v) is 38.4. The molecule has 0 saturated carbocycles. The lowest BCUT2D eigenvalue weighted by Gasteiger charge is -2.30. The molecule has 0 radical (unpaired) electrons. The summed E-state index contributed by atoms with van der Waals surface area (Å²) in [5.74, 6) is 0. The van der Waals surface area contributed by atoms with Gasteiger partial charge in [-0.05, 0) is 208 Å². The minimum atomic E-state index is 0.878. The van der Waals surface area contributed by atoms with E-state index < -0.39 is 0 Å². The van der Waals surface area contributed by atoms with E-state index in [0.29, 0.717) is 0 Å². The minimum Gasteiger partial charge on any atom is -0.456 e. The highest BCUT2D eigenvalue weighted by Gasteiger charge is 2.24. The van der Waals surface area contributed by atoms with Gasteiger partial charge in [-0.2, -0.15) is 0 Å². The molecule has 0 aliphatic rings. The van der Waals surface area contributed by atoms with Crippen molar-refractivity contribution in [3.63, 3.8) is 0 Å². The molecule has 2 aromatic heterocycles. The first-order valence-electron chi connectivity index (χ1n) is 22.4. The van der Waals surface area contributed by atoms with Gasteiger partial charge in [0.2, 0.25) is 0 Å². The van der Waals surface area contributed by atoms with Crippen molar-refractivity contribution in [2.24, 2.45) is 0 Å². The average molecular weight is 833 g/mol. The average Bonchev–Trinajstić information content (AvgIpc) is 3.86. The highest BCUT2D eigenvalue weighted by atomic mass is 16.3. The van der Waals surface area contributed by atoms with Crippen LogP contribution in [0, 0.1) is 69.2 Å². The molecule has 0 saturated heterocycles. The molecular formula is C60H52N2O2. The standard InChI is InChI=1S/C60H52N2O2/c1-33-15-11-19-51(37(33)5)61(52-20-12-16-34(2)38(52)6)47-25-23-43-29-49-55(31-45(43)27-47)63-59-42(10)58-50-30-44-24-26-48(28-46(44)32-56(50)64-60(58)41(9)57(49)59)62(53-21-13-17-35(3)39(53)7)54-22-14-18-36(4)40(54)8/h11-32H,1-10H3. The lowest BCUT2D eigenvalue weighted by atomic mass is 9.96. The summed E-state index contributed by atoms with van der Waals surface area (Å²) >= 11 is 0. The zero-order valence-electron chi connectivity index (χ0n) is 38.4. The molecular weight excluding hydrogens is 781 g/mol. The van der Waals surface area contributed by atoms with Crippen LogP contribution in [0.1, 0.15) is 55.6 Å². The maximum absolute atomic E-state index is 6.93. The molecule has 11 rings (SSSR count). The first kappa shape index (κ1) is 39.5. The van der Waals surface area contributed by atoms with Crippen molar-refractivity contribution < 1.29 is 8.83 Å². The first-order valence-corrected chi connectivity index (χ1v) is 22.4. The summed E-state index contributed by atoms with van der Waals surface area (Å²) in [4.78, 5) is 4.83. The second-order valence-corrected chi connectivity index (χ2v) is 18.2. The van der Waals surface area contributed by atoms with Gasteiger partial charge in [0.05, 0.1) is 0 Å². The van der Waals surface area contributed by atoms with Gasteiger partial charge < -0.3 is 18.6 Å². The van der Waals surface area contributed by atoms with E-state index in [9.17, 15) is 0 Å². The monoisotopic (exact) mass is 832 g/mol. The fourth-order valence-corrected chi connectivity index (χ4v) is 10.2. The van der Waals surface area contributed by atoms with E-state index in [1.807, 2.05) is 0 Å². The third-order valence-corrected chi connectivity index (χ3v) is 14.5. The number of hydrogen-bond donors (Lipinski definition) is 0. The number of benzene rings is 9. The van der Waals surface area contributed by atoms with Crippen LogP contribution in [-0.2, 0) is 0 Å². The SMILES string of the molecule is Cc1cccc(N(c2ccc3cc4c(cc3c2)oc2c(C)c3c(oc5cc6cc(N(c7cccc(C)c7C)c7cccc(C)c7C)ccc6cc53)c(C)c24)c2cccc(C)c2C)c1C. The molecule has 0 amide bonds. The molecule has 0 fully saturated rings. The van der Waals surface area contributed by atoms with Crippen LogP contribution in [0.3, 0.4) is 0 Å². The second kappa shape index (κ2) is 14.6. The summed E-state index contributed by atoms with van der Waals surface area (Å²) < 4.78 is 13.9. The van der Waals surface area contributed by atoms with Crippen LogP contribution in [0.2, 0.25) is 0 Å². The van der Waals surface area contributed by atoms with E-state index in [-0.39, 0.29) is 0 Å². The van der Waals surface area contributed by atoms with E-state index in [4.69, 9.17) is 8.83 Å². The Morgan fingerprint density at radius 2 is 0.641 bits per heavy atom. The quantitative estimate of drug-likeness (QED) is 0.167. The second-order valence-electron chi connectivity index (χ2n) is 18.2. The van der Waals surface area contributed by atoms with Gasteiger partial charge in [-0.15, -0.1) is 0 Å². The van der Waals surface area contributed by atoms with Crippen LogP contribution in [0.15, 0.2) is 142 Å². The molecule has 4 heteroatoms. The van der Waals surface area contributed by atoms with E-state index in [1.54, 1.807) is 0 Å². The number of fused-ring (bicyclic) bond motifs is 8. The van der Waals surface area contributed by atoms with Crippen LogP contribution in [0.25, 0.3) is 65.4 Å². The van der Waals surface area contributed by atoms with Crippen molar-refractivity contribution in [2.75, 3.05) is 9.80 Å². The van der Waals surface area contributed by atoms with Gasteiger partial charge in [-0.25, -0.2) is 0 Å². The maximum Gasteiger partial charge on any atom is 0.139 e. The largest absolute Gasteiger partial charge is 0.456 e. The molecule has 4 nitrogen and oxygen atoms in total. The Hall–Kier alpha value is -7.30. The lowest BCUT2D eigenvalue weighted by Crippen LogP contribution is -2.13. The van der Waals surface area contributed by atoms with E-state index >= 15 is 0 Å². The predicted molar refractivity (Wildman–Crippen MR) is 273 cm³/mol. The van der Waals surface area contributed by atoms with Crippen molar-refractivity contribution in [3.05, 3.63) is 189 Å². The molecule has 0 N–H and O–H groups in total. The molecule has 9 aromatic carbocycles. The summed E-state index contributed by atoms with van der Waals surface area (Å²) in [6.07, 6.45) is 0. The molecule has 0 spiro atoms. The van der Waals surface area contributed by atoms with E-state index in [1.165, 1.54) is 78.0 Å². The number of hydrogen-bond acceptors (Lipinski definition) is 4. The Morgan fingerprint density at radius 3 is 0.969 bits per heavy atom. The number of nitrogens with zero attached hydrogens (tertiary/aromatic N) is 2. The van der Waals surface area contributed by atoms with Crippen LogP contribution >= 0.6 is 0 Å². The summed E-state index contributed by atoms with van der Waals surface area (Å²) in [6, 6.07) is 49.0. The summed E-state index contributed by atoms with van der Waals surface area (Å²) in [6.45, 7) is 22.0. The topological polar surface area (TPSA) is 32.8 Å². The Bertz CT molecular complexity index is 3400. The van der Waals surface area contributed by atoms with Gasteiger partial charge in [-0.1, -0.05) is 60.7 Å². The number of aryl methyl sites for hydroxylation is 6. The Morgan fingerprint density at radius 1 is 0.312 bits per heavy atom. The van der Waals surface area contributed by atoms with Gasteiger partial charge in [0, 0.05) is 66.8 Å². The van der Waals surface area contributed by atoms with Gasteiger partial charge >= 0.3 is 0 Å². The number of rotatable bonds is 6. The summed E-state index contributed by atoms with van der Waals surface area (Å²) in [5, 5.41) is 9.03. The number of anilines is 6. The number of furan rings is 2. The molecule has 11 aromatic rings. The Labute approximate surface area is 375 Å². The Kier molecular flexibility index (Phi) is 9.04. The van der Waals surface area contributed by atoms with Crippen LogP contribution in [-0.4, -0.2) is 0 Å². The van der Waals surface area contributed by atoms with Crippen LogP contribution in [0.5, 0.6) is 0 Å². The van der Waals surface area contributed by atoms with E-state index in [0.717, 1.165) is 77.2 Å². The fourth-order valence-electron chi connectivity index (χ4n) is 10.2. The molecule has 0 unspecified atom stereocenters. The van der Waals surface area contributed by atoms with Crippen molar-refractivity contribution in [2.45, 2.75) is 69.2 Å². The molecule has 0 bridgehead atoms. The third kappa shape index (κ3) is 5.96. The zero-order chi connectivity index (χ0) is 44.3. The van der Waals surface area contributed by atoms with Gasteiger partial charge in [0.25, 0.3) is 0 Å². The smallest absolute Gasteiger partial charge is 0.139 e. The van der Waals surface area contributed by atoms with Gasteiger partial charge in [-0.3, -0.25) is 0 Å². The van der Waals surface area contributed by atoms with Crippen LogP contribution in [0.4, 0.5) is 34.1 Å². The van der Waals surface area contributed by atoms with Crippen molar-refractivity contribution >= 4 is 99.5 Å². The first-order chi connectivity index (χ1) is 30.9. The van der Waals surface area contributed by atoms with Gasteiger partial charge in [0.1, 0.15) is 22.3 Å². The Balaban J connectivity index is 1.06. The molecule has 2 heterocycles. The van der Waals surface area contributed by atoms with Crippen molar-refractivity contribution in [1.29, 1.82) is 0 Å². The third-order valence-electron chi connectivity index (χ3n) is 14.5. The summed E-state index contributed by atoms with van der Waals surface area (Å²) in [7, 11) is 0. The molecule has 0 aliphatic carbocycles. The highest BCUT2D eigenvalue weighted by Crippen LogP contribution is 2.47. The van der Waals surface area contributed by atoms with E-state index in [2.05, 4.69) is 212 Å². The summed E-state index contributed by atoms with van der Waals surface area (Å²) in [5.41, 5.74) is 22.9. The van der Waals surface area contributed by atoms with Crippen molar-refractivity contribution in [3.8, 4) is 0 Å². The van der Waals surface area contributed by atoms with Crippen molar-refractivity contribution in [1.82, 2.24) is 0 Å². The fraction of sp³-hybridized carbons (Fsp3) is 0.167.